The fourth-order valence-corrected chi connectivity index (χ4v) is 2.37. The van der Waals surface area contributed by atoms with E-state index in [1.54, 1.807) is 18.5 Å². The first-order chi connectivity index (χ1) is 9.31. The number of pyridine rings is 2. The van der Waals surface area contributed by atoms with Gasteiger partial charge < -0.3 is 5.32 Å². The molecule has 0 aliphatic carbocycles. The van der Waals surface area contributed by atoms with E-state index in [-0.39, 0.29) is 0 Å². The second-order valence-corrected chi connectivity index (χ2v) is 4.99. The predicted molar refractivity (Wildman–Crippen MR) is 77.9 cm³/mol. The maximum absolute atomic E-state index is 5.74. The average Bonchev–Trinajstić information content (AvgIpc) is 2.91. The third kappa shape index (κ3) is 2.89. The summed E-state index contributed by atoms with van der Waals surface area (Å²) in [5, 5.41) is 6.41. The topological polar surface area (TPSA) is 50.7 Å². The lowest BCUT2D eigenvalue weighted by Gasteiger charge is -2.01. The Morgan fingerprint density at radius 3 is 2.74 bits per heavy atom. The number of nitrogens with one attached hydrogen (secondary N) is 1. The highest BCUT2D eigenvalue weighted by Gasteiger charge is 2.05. The number of halogens is 1. The standard InChI is InChI=1S/C13H9ClN4S/c14-12-5-4-9(7-16-12)17-13-18-11(8-19-13)10-3-1-2-6-15-10/h1-8H,(H,17,18). The Bertz CT molecular complexity index is 667. The molecule has 3 aromatic heterocycles. The summed E-state index contributed by atoms with van der Waals surface area (Å²) in [5.41, 5.74) is 2.57. The fraction of sp³-hybridized carbons (Fsp3) is 0. The van der Waals surface area contributed by atoms with E-state index in [0.29, 0.717) is 5.15 Å². The van der Waals surface area contributed by atoms with Gasteiger partial charge >= 0.3 is 0 Å². The largest absolute Gasteiger partial charge is 0.330 e. The van der Waals surface area contributed by atoms with Gasteiger partial charge in [0.05, 0.1) is 17.6 Å². The number of hydrogen-bond donors (Lipinski definition) is 1. The van der Waals surface area contributed by atoms with Crippen molar-refractivity contribution in [1.29, 1.82) is 0 Å². The monoisotopic (exact) mass is 288 g/mol. The van der Waals surface area contributed by atoms with Crippen molar-refractivity contribution in [2.75, 3.05) is 5.32 Å². The van der Waals surface area contributed by atoms with Crippen LogP contribution in [0.3, 0.4) is 0 Å². The quantitative estimate of drug-likeness (QED) is 0.740. The first-order valence-corrected chi connectivity index (χ1v) is 6.82. The Kier molecular flexibility index (Phi) is 3.39. The number of anilines is 2. The molecule has 4 nitrogen and oxygen atoms in total. The maximum Gasteiger partial charge on any atom is 0.187 e. The van der Waals surface area contributed by atoms with Gasteiger partial charge in [-0.2, -0.15) is 0 Å². The molecular formula is C13H9ClN4S. The summed E-state index contributed by atoms with van der Waals surface area (Å²) >= 11 is 7.26. The van der Waals surface area contributed by atoms with Crippen molar-refractivity contribution in [1.82, 2.24) is 15.0 Å². The molecule has 0 aliphatic rings. The highest BCUT2D eigenvalue weighted by molar-refractivity contribution is 7.14. The molecule has 0 spiro atoms. The molecule has 3 heterocycles. The van der Waals surface area contributed by atoms with Crippen LogP contribution in [0.4, 0.5) is 10.8 Å². The second-order valence-electron chi connectivity index (χ2n) is 3.75. The van der Waals surface area contributed by atoms with Gasteiger partial charge in [-0.3, -0.25) is 4.98 Å². The van der Waals surface area contributed by atoms with Crippen LogP contribution < -0.4 is 5.32 Å². The van der Waals surface area contributed by atoms with Crippen molar-refractivity contribution in [3.63, 3.8) is 0 Å². The van der Waals surface area contributed by atoms with E-state index in [0.717, 1.165) is 22.2 Å². The molecule has 6 heteroatoms. The van der Waals surface area contributed by atoms with Crippen LogP contribution in [-0.4, -0.2) is 15.0 Å². The normalized spacial score (nSPS) is 10.4. The molecule has 19 heavy (non-hydrogen) atoms. The van der Waals surface area contributed by atoms with Gasteiger partial charge in [-0.1, -0.05) is 17.7 Å². The summed E-state index contributed by atoms with van der Waals surface area (Å²) in [7, 11) is 0. The summed E-state index contributed by atoms with van der Waals surface area (Å²) in [6, 6.07) is 9.35. The lowest BCUT2D eigenvalue weighted by molar-refractivity contribution is 1.27. The van der Waals surface area contributed by atoms with Gasteiger partial charge in [0.15, 0.2) is 5.13 Å². The van der Waals surface area contributed by atoms with Crippen molar-refractivity contribution >= 4 is 33.8 Å². The van der Waals surface area contributed by atoms with E-state index >= 15 is 0 Å². The minimum absolute atomic E-state index is 0.471. The lowest BCUT2D eigenvalue weighted by Crippen LogP contribution is -1.90. The minimum Gasteiger partial charge on any atom is -0.330 e. The molecule has 3 rings (SSSR count). The Labute approximate surface area is 119 Å². The third-order valence-corrected chi connectivity index (χ3v) is 3.39. The van der Waals surface area contributed by atoms with Crippen LogP contribution in [0.2, 0.25) is 5.15 Å². The van der Waals surface area contributed by atoms with Crippen molar-refractivity contribution in [2.45, 2.75) is 0 Å². The Morgan fingerprint density at radius 1 is 1.05 bits per heavy atom. The molecule has 0 amide bonds. The van der Waals surface area contributed by atoms with E-state index in [2.05, 4.69) is 20.3 Å². The summed E-state index contributed by atoms with van der Waals surface area (Å²) in [6.07, 6.45) is 3.43. The van der Waals surface area contributed by atoms with Crippen LogP contribution in [0.5, 0.6) is 0 Å². The zero-order valence-electron chi connectivity index (χ0n) is 9.75. The smallest absolute Gasteiger partial charge is 0.187 e. The van der Waals surface area contributed by atoms with E-state index in [9.17, 15) is 0 Å². The van der Waals surface area contributed by atoms with Gasteiger partial charge in [0, 0.05) is 11.6 Å². The molecule has 0 atom stereocenters. The van der Waals surface area contributed by atoms with Gasteiger partial charge in [0.25, 0.3) is 0 Å². The summed E-state index contributed by atoms with van der Waals surface area (Å²) in [6.45, 7) is 0. The molecule has 0 unspecified atom stereocenters. The Morgan fingerprint density at radius 2 is 2.00 bits per heavy atom. The minimum atomic E-state index is 0.471. The maximum atomic E-state index is 5.74. The third-order valence-electron chi connectivity index (χ3n) is 2.41. The van der Waals surface area contributed by atoms with E-state index < -0.39 is 0 Å². The van der Waals surface area contributed by atoms with Crippen LogP contribution in [0, 0.1) is 0 Å². The number of thiazole rings is 1. The van der Waals surface area contributed by atoms with Crippen LogP contribution in [-0.2, 0) is 0 Å². The summed E-state index contributed by atoms with van der Waals surface area (Å²) < 4.78 is 0. The second kappa shape index (κ2) is 5.34. The fourth-order valence-electron chi connectivity index (χ4n) is 1.54. The highest BCUT2D eigenvalue weighted by Crippen LogP contribution is 2.25. The van der Waals surface area contributed by atoms with Gasteiger partial charge in [0.1, 0.15) is 10.8 Å². The number of rotatable bonds is 3. The van der Waals surface area contributed by atoms with Crippen LogP contribution >= 0.6 is 22.9 Å². The van der Waals surface area contributed by atoms with Crippen molar-refractivity contribution < 1.29 is 0 Å². The first-order valence-electron chi connectivity index (χ1n) is 5.57. The van der Waals surface area contributed by atoms with Crippen molar-refractivity contribution in [3.8, 4) is 11.4 Å². The van der Waals surface area contributed by atoms with E-state index in [1.165, 1.54) is 11.3 Å². The van der Waals surface area contributed by atoms with Crippen LogP contribution in [0.15, 0.2) is 48.1 Å². The highest BCUT2D eigenvalue weighted by atomic mass is 35.5. The van der Waals surface area contributed by atoms with Crippen LogP contribution in [0.1, 0.15) is 0 Å². The van der Waals surface area contributed by atoms with Crippen molar-refractivity contribution in [3.05, 3.63) is 53.3 Å². The number of aromatic nitrogens is 3. The zero-order chi connectivity index (χ0) is 13.1. The average molecular weight is 289 g/mol. The molecule has 0 saturated heterocycles. The molecule has 0 saturated carbocycles. The van der Waals surface area contributed by atoms with E-state index in [1.807, 2.05) is 29.6 Å². The molecular weight excluding hydrogens is 280 g/mol. The molecule has 0 aromatic carbocycles. The van der Waals surface area contributed by atoms with Crippen molar-refractivity contribution in [2.24, 2.45) is 0 Å². The Hall–Kier alpha value is -1.98. The molecule has 3 aromatic rings. The molecule has 0 aliphatic heterocycles. The number of hydrogen-bond acceptors (Lipinski definition) is 5. The Balaban J connectivity index is 1.80. The first kappa shape index (κ1) is 12.1. The SMILES string of the molecule is Clc1ccc(Nc2nc(-c3ccccn3)cs2)cn1. The van der Waals surface area contributed by atoms with Crippen LogP contribution in [0.25, 0.3) is 11.4 Å². The van der Waals surface area contributed by atoms with Gasteiger partial charge in [-0.05, 0) is 24.3 Å². The van der Waals surface area contributed by atoms with E-state index in [4.69, 9.17) is 11.6 Å². The molecule has 1 N–H and O–H groups in total. The summed E-state index contributed by atoms with van der Waals surface area (Å²) in [5.74, 6) is 0. The lowest BCUT2D eigenvalue weighted by atomic mass is 10.3. The van der Waals surface area contributed by atoms with Gasteiger partial charge in [-0.25, -0.2) is 9.97 Å². The zero-order valence-corrected chi connectivity index (χ0v) is 11.3. The molecule has 0 fully saturated rings. The molecule has 94 valence electrons. The van der Waals surface area contributed by atoms with Gasteiger partial charge in [-0.15, -0.1) is 11.3 Å². The van der Waals surface area contributed by atoms with Gasteiger partial charge in [0.2, 0.25) is 0 Å². The summed E-state index contributed by atoms with van der Waals surface area (Å²) in [4.78, 5) is 12.8. The molecule has 0 bridgehead atoms. The predicted octanol–water partition coefficient (Wildman–Crippen LogP) is 4.00. The number of nitrogens with zero attached hydrogens (tertiary/aromatic N) is 3. The molecule has 0 radical (unpaired) electrons.